The molecule has 0 radical (unpaired) electrons. The third-order valence-electron chi connectivity index (χ3n) is 4.98. The van der Waals surface area contributed by atoms with Gasteiger partial charge in [0, 0.05) is 43.2 Å². The molecule has 1 aliphatic rings. The van der Waals surface area contributed by atoms with Crippen molar-refractivity contribution in [1.82, 2.24) is 24.9 Å². The highest BCUT2D eigenvalue weighted by atomic mass is 16.3. The predicted octanol–water partition coefficient (Wildman–Crippen LogP) is 3.19. The Balaban J connectivity index is 1.60. The van der Waals surface area contributed by atoms with Crippen molar-refractivity contribution in [3.8, 4) is 11.3 Å². The number of rotatable bonds is 8. The van der Waals surface area contributed by atoms with Gasteiger partial charge in [-0.15, -0.1) is 0 Å². The van der Waals surface area contributed by atoms with Crippen LogP contribution < -0.4 is 0 Å². The summed E-state index contributed by atoms with van der Waals surface area (Å²) in [6.45, 7) is 1.80. The quantitative estimate of drug-likeness (QED) is 0.651. The van der Waals surface area contributed by atoms with Gasteiger partial charge >= 0.3 is 0 Å². The van der Waals surface area contributed by atoms with E-state index < -0.39 is 0 Å². The number of aryl methyl sites for hydroxylation is 1. The third-order valence-corrected chi connectivity index (χ3v) is 4.98. The first kappa shape index (κ1) is 18.6. The molecule has 0 bridgehead atoms. The van der Waals surface area contributed by atoms with Gasteiger partial charge in [0.15, 0.2) is 0 Å². The Labute approximate surface area is 165 Å². The van der Waals surface area contributed by atoms with Gasteiger partial charge in [-0.1, -0.05) is 0 Å². The van der Waals surface area contributed by atoms with E-state index in [0.29, 0.717) is 19.3 Å². The van der Waals surface area contributed by atoms with E-state index in [2.05, 4.69) is 15.0 Å². The number of nitrogens with zero attached hydrogens (tertiary/aromatic N) is 5. The van der Waals surface area contributed by atoms with Crippen LogP contribution in [0.25, 0.3) is 11.3 Å². The van der Waals surface area contributed by atoms with Crippen LogP contribution in [0.4, 0.5) is 0 Å². The second-order valence-electron chi connectivity index (χ2n) is 7.57. The van der Waals surface area contributed by atoms with Gasteiger partial charge in [-0.05, 0) is 62.3 Å². The highest BCUT2D eigenvalue weighted by Crippen LogP contribution is 2.34. The van der Waals surface area contributed by atoms with Crippen molar-refractivity contribution in [2.24, 2.45) is 5.92 Å². The van der Waals surface area contributed by atoms with Crippen LogP contribution in [0.15, 0.2) is 43.0 Å². The molecule has 1 fully saturated rings. The molecule has 0 aromatic carbocycles. The van der Waals surface area contributed by atoms with E-state index in [1.54, 1.807) is 25.5 Å². The maximum atomic E-state index is 9.55. The van der Waals surface area contributed by atoms with E-state index >= 15 is 0 Å². The summed E-state index contributed by atoms with van der Waals surface area (Å²) in [5, 5.41) is 9.55. The molecule has 1 atom stereocenters. The lowest BCUT2D eigenvalue weighted by atomic mass is 10.1. The number of aromatic nitrogens is 5. The summed E-state index contributed by atoms with van der Waals surface area (Å²) in [5.74, 6) is 2.29. The molecule has 0 spiro atoms. The van der Waals surface area contributed by atoms with Crippen molar-refractivity contribution >= 4 is 0 Å². The summed E-state index contributed by atoms with van der Waals surface area (Å²) in [5.41, 5.74) is 4.06. The molecule has 1 aliphatic carbocycles. The Hall–Kier alpha value is -2.73. The fraction of sp³-hybridized carbons (Fsp3) is 0.409. The zero-order valence-electron chi connectivity index (χ0n) is 16.1. The second-order valence-corrected chi connectivity index (χ2v) is 7.57. The average Bonchev–Trinajstić information content (AvgIpc) is 3.51. The highest BCUT2D eigenvalue weighted by molar-refractivity contribution is 5.60. The van der Waals surface area contributed by atoms with Gasteiger partial charge in [0.05, 0.1) is 17.5 Å². The maximum absolute atomic E-state index is 9.55. The van der Waals surface area contributed by atoms with Crippen molar-refractivity contribution in [3.63, 3.8) is 0 Å². The average molecular weight is 375 g/mol. The summed E-state index contributed by atoms with van der Waals surface area (Å²) in [6.07, 6.45) is 12.4. The lowest BCUT2D eigenvalue weighted by molar-refractivity contribution is 0.184. The van der Waals surface area contributed by atoms with Gasteiger partial charge in [-0.25, -0.2) is 19.9 Å². The number of hydrogen-bond acceptors (Lipinski definition) is 6. The Morgan fingerprint density at radius 1 is 1.04 bits per heavy atom. The standard InChI is InChI=1S/C22H25N5O/c1-15(28)2-5-21-25-14-18(20(27-21)12-16-3-4-16)19-8-11-24-22(26-19)13-17-6-9-23-10-7-17/h6-11,14-16,28H,2-5,12-13H2,1H3/t15-/m0/s1. The van der Waals surface area contributed by atoms with E-state index in [1.165, 1.54) is 12.8 Å². The van der Waals surface area contributed by atoms with Gasteiger partial charge < -0.3 is 5.11 Å². The van der Waals surface area contributed by atoms with Crippen molar-refractivity contribution in [2.75, 3.05) is 0 Å². The lowest BCUT2D eigenvalue weighted by Crippen LogP contribution is -2.08. The Morgan fingerprint density at radius 3 is 2.61 bits per heavy atom. The molecule has 3 aromatic rings. The van der Waals surface area contributed by atoms with Crippen molar-refractivity contribution in [3.05, 3.63) is 65.9 Å². The molecule has 0 aliphatic heterocycles. The summed E-state index contributed by atoms with van der Waals surface area (Å²) in [4.78, 5) is 22.6. The van der Waals surface area contributed by atoms with Crippen LogP contribution in [0.5, 0.6) is 0 Å². The third kappa shape index (κ3) is 4.95. The molecule has 4 rings (SSSR count). The van der Waals surface area contributed by atoms with Crippen LogP contribution in [0.1, 0.15) is 49.1 Å². The number of aliphatic hydroxyl groups excluding tert-OH is 1. The first-order chi connectivity index (χ1) is 13.7. The minimum Gasteiger partial charge on any atom is -0.393 e. The van der Waals surface area contributed by atoms with Crippen LogP contribution >= 0.6 is 0 Å². The smallest absolute Gasteiger partial charge is 0.133 e. The SMILES string of the molecule is C[C@H](O)CCc1ncc(-c2ccnc(Cc3ccncc3)n2)c(CC2CC2)n1. The fourth-order valence-corrected chi connectivity index (χ4v) is 3.20. The zero-order chi connectivity index (χ0) is 19.3. The van der Waals surface area contributed by atoms with Gasteiger partial charge in [0.2, 0.25) is 0 Å². The van der Waals surface area contributed by atoms with Crippen LogP contribution in [-0.4, -0.2) is 36.1 Å². The summed E-state index contributed by atoms with van der Waals surface area (Å²) in [6, 6.07) is 5.89. The largest absolute Gasteiger partial charge is 0.393 e. The highest BCUT2D eigenvalue weighted by Gasteiger charge is 2.24. The van der Waals surface area contributed by atoms with Crippen molar-refractivity contribution in [2.45, 2.75) is 51.6 Å². The monoisotopic (exact) mass is 375 g/mol. The van der Waals surface area contributed by atoms with E-state index in [-0.39, 0.29) is 6.10 Å². The van der Waals surface area contributed by atoms with Gasteiger partial charge in [-0.2, -0.15) is 0 Å². The molecule has 3 heterocycles. The fourth-order valence-electron chi connectivity index (χ4n) is 3.20. The van der Waals surface area contributed by atoms with Crippen LogP contribution in [0, 0.1) is 5.92 Å². The van der Waals surface area contributed by atoms with E-state index in [9.17, 15) is 5.11 Å². The molecular formula is C22H25N5O. The molecule has 1 saturated carbocycles. The predicted molar refractivity (Wildman–Crippen MR) is 107 cm³/mol. The van der Waals surface area contributed by atoms with Crippen LogP contribution in [-0.2, 0) is 19.3 Å². The molecule has 0 unspecified atom stereocenters. The Kier molecular flexibility index (Phi) is 5.67. The molecule has 3 aromatic heterocycles. The molecule has 144 valence electrons. The molecular weight excluding hydrogens is 350 g/mol. The first-order valence-electron chi connectivity index (χ1n) is 9.91. The number of aliphatic hydroxyl groups is 1. The minimum absolute atomic E-state index is 0.340. The summed E-state index contributed by atoms with van der Waals surface area (Å²) >= 11 is 0. The number of pyridine rings is 1. The topological polar surface area (TPSA) is 84.7 Å². The first-order valence-corrected chi connectivity index (χ1v) is 9.91. The molecule has 6 nitrogen and oxygen atoms in total. The van der Waals surface area contributed by atoms with Gasteiger partial charge in [0.1, 0.15) is 11.6 Å². The van der Waals surface area contributed by atoms with Crippen molar-refractivity contribution in [1.29, 1.82) is 0 Å². The lowest BCUT2D eigenvalue weighted by Gasteiger charge is -2.11. The maximum Gasteiger partial charge on any atom is 0.133 e. The summed E-state index contributed by atoms with van der Waals surface area (Å²) in [7, 11) is 0. The molecule has 28 heavy (non-hydrogen) atoms. The van der Waals surface area contributed by atoms with Crippen LogP contribution in [0.3, 0.4) is 0 Å². The molecule has 1 N–H and O–H groups in total. The number of hydrogen-bond donors (Lipinski definition) is 1. The summed E-state index contributed by atoms with van der Waals surface area (Å²) < 4.78 is 0. The normalized spacial score (nSPS) is 14.8. The van der Waals surface area contributed by atoms with Crippen molar-refractivity contribution < 1.29 is 5.11 Å². The Bertz CT molecular complexity index is 925. The van der Waals surface area contributed by atoms with E-state index in [4.69, 9.17) is 9.97 Å². The molecule has 6 heteroatoms. The van der Waals surface area contributed by atoms with Crippen LogP contribution in [0.2, 0.25) is 0 Å². The van der Waals surface area contributed by atoms with Gasteiger partial charge in [-0.3, -0.25) is 4.98 Å². The molecule has 0 amide bonds. The minimum atomic E-state index is -0.340. The Morgan fingerprint density at radius 2 is 1.86 bits per heavy atom. The molecule has 0 saturated heterocycles. The van der Waals surface area contributed by atoms with E-state index in [1.807, 2.05) is 24.4 Å². The second kappa shape index (κ2) is 8.52. The van der Waals surface area contributed by atoms with E-state index in [0.717, 1.165) is 46.5 Å². The van der Waals surface area contributed by atoms with Gasteiger partial charge in [0.25, 0.3) is 0 Å². The zero-order valence-corrected chi connectivity index (χ0v) is 16.1.